The number of carbonyl (C=O) groups is 1. The number of hydrogen-bond acceptors (Lipinski definition) is 2. The van der Waals surface area contributed by atoms with Gasteiger partial charge in [0, 0.05) is 35.5 Å². The molecule has 0 aliphatic heterocycles. The average Bonchev–Trinajstić information content (AvgIpc) is 3.19. The molecule has 31 heavy (non-hydrogen) atoms. The van der Waals surface area contributed by atoms with E-state index in [9.17, 15) is 4.79 Å². The van der Waals surface area contributed by atoms with Crippen LogP contribution in [0.15, 0.2) is 85.2 Å². The molecule has 2 nitrogen and oxygen atoms in total. The Bertz CT molecular complexity index is 1230. The number of ketones is 1. The van der Waals surface area contributed by atoms with E-state index in [0.717, 1.165) is 34.3 Å². The number of aryl methyl sites for hydroxylation is 1. The molecule has 0 unspecified atom stereocenters. The minimum Gasteiger partial charge on any atom is -0.289 e. The lowest BCUT2D eigenvalue weighted by Gasteiger charge is -2.17. The van der Waals surface area contributed by atoms with Crippen molar-refractivity contribution in [1.29, 1.82) is 0 Å². The third kappa shape index (κ3) is 3.70. The van der Waals surface area contributed by atoms with Crippen molar-refractivity contribution in [1.82, 2.24) is 4.98 Å². The summed E-state index contributed by atoms with van der Waals surface area (Å²) >= 11 is 0. The van der Waals surface area contributed by atoms with Gasteiger partial charge in [0.15, 0.2) is 5.78 Å². The molecular weight excluding hydrogens is 378 g/mol. The fraction of sp³-hybridized carbons (Fsp3) is 0.172. The Kier molecular flexibility index (Phi) is 5.81. The first-order chi connectivity index (χ1) is 15.1. The van der Waals surface area contributed by atoms with Gasteiger partial charge in [-0.2, -0.15) is 0 Å². The lowest BCUT2D eigenvalue weighted by molar-refractivity contribution is 0.103. The van der Waals surface area contributed by atoms with Crippen molar-refractivity contribution >= 4 is 16.9 Å². The third-order valence-electron chi connectivity index (χ3n) is 6.14. The van der Waals surface area contributed by atoms with Gasteiger partial charge >= 0.3 is 0 Å². The lowest BCUT2D eigenvalue weighted by atomic mass is 9.87. The highest BCUT2D eigenvalue weighted by molar-refractivity contribution is 6.17. The summed E-state index contributed by atoms with van der Waals surface area (Å²) in [7, 11) is 0. The smallest absolute Gasteiger partial charge is 0.190 e. The van der Waals surface area contributed by atoms with Gasteiger partial charge < -0.3 is 0 Å². The molecule has 0 radical (unpaired) electrons. The SMILES string of the molecule is C=CCc1c(/C(C)=C\C)ccc2c1C(c1cccnc1)=C(C(=O)c1ccccc1C)C2. The molecule has 1 aliphatic carbocycles. The molecule has 1 aromatic heterocycles. The van der Waals surface area contributed by atoms with Gasteiger partial charge in [0.25, 0.3) is 0 Å². The summed E-state index contributed by atoms with van der Waals surface area (Å²) < 4.78 is 0. The second-order valence-corrected chi connectivity index (χ2v) is 8.01. The van der Waals surface area contributed by atoms with Gasteiger partial charge in [-0.1, -0.05) is 54.6 Å². The van der Waals surface area contributed by atoms with E-state index >= 15 is 0 Å². The van der Waals surface area contributed by atoms with Crippen molar-refractivity contribution in [3.05, 3.63) is 124 Å². The molecule has 2 heteroatoms. The van der Waals surface area contributed by atoms with Crippen LogP contribution in [0.25, 0.3) is 11.1 Å². The van der Waals surface area contributed by atoms with Crippen molar-refractivity contribution in [2.75, 3.05) is 0 Å². The fourth-order valence-corrected chi connectivity index (χ4v) is 4.48. The van der Waals surface area contributed by atoms with E-state index in [1.165, 1.54) is 27.8 Å². The molecule has 3 aromatic rings. The molecule has 0 atom stereocenters. The Morgan fingerprint density at radius 1 is 1.10 bits per heavy atom. The Morgan fingerprint density at radius 3 is 2.58 bits per heavy atom. The molecule has 0 N–H and O–H groups in total. The van der Waals surface area contributed by atoms with E-state index in [1.807, 2.05) is 49.5 Å². The number of aromatic nitrogens is 1. The van der Waals surface area contributed by atoms with Crippen molar-refractivity contribution in [2.45, 2.75) is 33.6 Å². The molecule has 0 fully saturated rings. The number of fused-ring (bicyclic) bond motifs is 1. The summed E-state index contributed by atoms with van der Waals surface area (Å²) in [5.41, 5.74) is 10.6. The Morgan fingerprint density at radius 2 is 1.90 bits per heavy atom. The molecule has 0 saturated heterocycles. The zero-order valence-electron chi connectivity index (χ0n) is 18.4. The maximum atomic E-state index is 13.8. The van der Waals surface area contributed by atoms with Crippen LogP contribution in [0, 0.1) is 6.92 Å². The third-order valence-corrected chi connectivity index (χ3v) is 6.14. The summed E-state index contributed by atoms with van der Waals surface area (Å²) in [5.74, 6) is 0.0991. The molecule has 0 saturated carbocycles. The van der Waals surface area contributed by atoms with E-state index in [4.69, 9.17) is 0 Å². The summed E-state index contributed by atoms with van der Waals surface area (Å²) in [5, 5.41) is 0. The average molecular weight is 406 g/mol. The van der Waals surface area contributed by atoms with E-state index in [2.05, 4.69) is 49.7 Å². The van der Waals surface area contributed by atoms with Crippen LogP contribution in [0.1, 0.15) is 57.6 Å². The molecule has 1 aliphatic rings. The van der Waals surface area contributed by atoms with Gasteiger partial charge in [-0.25, -0.2) is 0 Å². The van der Waals surface area contributed by atoms with E-state index in [0.29, 0.717) is 6.42 Å². The van der Waals surface area contributed by atoms with Crippen molar-refractivity contribution in [3.8, 4) is 0 Å². The summed E-state index contributed by atoms with van der Waals surface area (Å²) in [6.07, 6.45) is 9.10. The number of allylic oxidation sites excluding steroid dienone is 4. The number of benzene rings is 2. The first kappa shape index (κ1) is 20.7. The molecule has 154 valence electrons. The lowest BCUT2D eigenvalue weighted by Crippen LogP contribution is -2.07. The Labute approximate surface area is 184 Å². The van der Waals surface area contributed by atoms with Crippen molar-refractivity contribution < 1.29 is 4.79 Å². The van der Waals surface area contributed by atoms with Gasteiger partial charge in [-0.3, -0.25) is 9.78 Å². The maximum Gasteiger partial charge on any atom is 0.190 e. The van der Waals surface area contributed by atoms with Crippen LogP contribution in [0.3, 0.4) is 0 Å². The number of rotatable bonds is 6. The molecule has 1 heterocycles. The number of hydrogen-bond donors (Lipinski definition) is 0. The van der Waals surface area contributed by atoms with Gasteiger partial charge in [-0.05, 0) is 72.2 Å². The topological polar surface area (TPSA) is 30.0 Å². The van der Waals surface area contributed by atoms with Crippen LogP contribution in [0.2, 0.25) is 0 Å². The monoisotopic (exact) mass is 405 g/mol. The minimum absolute atomic E-state index is 0.0991. The molecule has 0 bridgehead atoms. The van der Waals surface area contributed by atoms with Crippen LogP contribution >= 0.6 is 0 Å². The zero-order valence-corrected chi connectivity index (χ0v) is 18.4. The molecule has 0 spiro atoms. The number of Topliss-reactive ketones (excluding diaryl/α,β-unsaturated/α-hetero) is 1. The van der Waals surface area contributed by atoms with E-state index < -0.39 is 0 Å². The van der Waals surface area contributed by atoms with Gasteiger partial charge in [-0.15, -0.1) is 6.58 Å². The largest absolute Gasteiger partial charge is 0.289 e. The first-order valence-corrected chi connectivity index (χ1v) is 10.7. The highest BCUT2D eigenvalue weighted by Crippen LogP contribution is 2.43. The highest BCUT2D eigenvalue weighted by atomic mass is 16.1. The molecular formula is C29H27NO. The summed E-state index contributed by atoms with van der Waals surface area (Å²) in [6.45, 7) is 10.2. The molecule has 2 aromatic carbocycles. The van der Waals surface area contributed by atoms with E-state index in [1.54, 1.807) is 6.20 Å². The van der Waals surface area contributed by atoms with Crippen molar-refractivity contribution in [3.63, 3.8) is 0 Å². The van der Waals surface area contributed by atoms with Crippen LogP contribution in [0.5, 0.6) is 0 Å². The number of carbonyl (C=O) groups excluding carboxylic acids is 1. The summed E-state index contributed by atoms with van der Waals surface area (Å²) in [6, 6.07) is 16.2. The number of nitrogens with zero attached hydrogens (tertiary/aromatic N) is 1. The standard InChI is InChI=1S/C29H27NO/c1-5-10-25-23(19(3)6-2)15-14-21-17-26(29(31)24-13-8-7-11-20(24)4)28(27(21)25)22-12-9-16-30-18-22/h5-9,11-16,18H,1,10,17H2,2-4H3/b19-6-. The fourth-order valence-electron chi connectivity index (χ4n) is 4.48. The van der Waals surface area contributed by atoms with Crippen LogP contribution in [0.4, 0.5) is 0 Å². The Hall–Kier alpha value is -3.52. The normalized spacial score (nSPS) is 13.3. The Balaban J connectivity index is 2.02. The second kappa shape index (κ2) is 8.69. The zero-order chi connectivity index (χ0) is 22.0. The number of pyridine rings is 1. The van der Waals surface area contributed by atoms with Gasteiger partial charge in [0.2, 0.25) is 0 Å². The minimum atomic E-state index is 0.0991. The predicted octanol–water partition coefficient (Wildman–Crippen LogP) is 6.78. The first-order valence-electron chi connectivity index (χ1n) is 10.7. The van der Waals surface area contributed by atoms with Crippen LogP contribution in [-0.4, -0.2) is 10.8 Å². The second-order valence-electron chi connectivity index (χ2n) is 8.01. The van der Waals surface area contributed by atoms with Crippen LogP contribution in [-0.2, 0) is 12.8 Å². The molecule has 4 rings (SSSR count). The van der Waals surface area contributed by atoms with Gasteiger partial charge in [0.1, 0.15) is 0 Å². The highest BCUT2D eigenvalue weighted by Gasteiger charge is 2.31. The van der Waals surface area contributed by atoms with Gasteiger partial charge in [0.05, 0.1) is 0 Å². The molecule has 0 amide bonds. The van der Waals surface area contributed by atoms with Crippen molar-refractivity contribution in [2.24, 2.45) is 0 Å². The van der Waals surface area contributed by atoms with Crippen LogP contribution < -0.4 is 0 Å². The summed E-state index contributed by atoms with van der Waals surface area (Å²) in [4.78, 5) is 18.1. The quantitative estimate of drug-likeness (QED) is 0.334. The predicted molar refractivity (Wildman–Crippen MR) is 129 cm³/mol. The van der Waals surface area contributed by atoms with E-state index in [-0.39, 0.29) is 5.78 Å². The maximum absolute atomic E-state index is 13.8.